The van der Waals surface area contributed by atoms with E-state index in [1.807, 2.05) is 6.07 Å². The molecular formula is C23H17BrF7NO. The highest BCUT2D eigenvalue weighted by atomic mass is 79.9. The number of hydrogen-bond donors (Lipinski definition) is 1. The van der Waals surface area contributed by atoms with Gasteiger partial charge in [-0.2, -0.15) is 26.3 Å². The van der Waals surface area contributed by atoms with Crippen LogP contribution in [0.1, 0.15) is 34.0 Å². The standard InChI is InChI=1S/C23H17BrF7NO/c1-3-13-10-17(21(25,22(26,27)28)23(29,30)31)8-12(2)19(13)32-20(33)16-5-4-15-11-18(24)7-6-14(15)9-16/h4-11H,3H2,1-2H3,(H,32,33). The highest BCUT2D eigenvalue weighted by molar-refractivity contribution is 9.10. The second-order valence-electron chi connectivity index (χ2n) is 7.50. The van der Waals surface area contributed by atoms with E-state index in [4.69, 9.17) is 0 Å². The van der Waals surface area contributed by atoms with Gasteiger partial charge in [0.2, 0.25) is 0 Å². The Labute approximate surface area is 192 Å². The predicted molar refractivity (Wildman–Crippen MR) is 115 cm³/mol. The number of carbonyl (C=O) groups is 1. The van der Waals surface area contributed by atoms with Crippen molar-refractivity contribution in [2.24, 2.45) is 0 Å². The highest BCUT2D eigenvalue weighted by Gasteiger charge is 2.73. The first kappa shape index (κ1) is 25.0. The molecule has 1 N–H and O–H groups in total. The molecule has 0 fully saturated rings. The van der Waals surface area contributed by atoms with Gasteiger partial charge in [-0.05, 0) is 65.6 Å². The quantitative estimate of drug-likeness (QED) is 0.337. The van der Waals surface area contributed by atoms with Gasteiger partial charge in [-0.15, -0.1) is 0 Å². The van der Waals surface area contributed by atoms with Gasteiger partial charge in [-0.3, -0.25) is 4.79 Å². The van der Waals surface area contributed by atoms with Gasteiger partial charge in [0.1, 0.15) is 0 Å². The zero-order valence-electron chi connectivity index (χ0n) is 17.3. The van der Waals surface area contributed by atoms with Crippen LogP contribution in [0.25, 0.3) is 10.8 Å². The molecule has 0 bridgehead atoms. The molecule has 0 saturated carbocycles. The van der Waals surface area contributed by atoms with Gasteiger partial charge in [-0.25, -0.2) is 4.39 Å². The zero-order valence-corrected chi connectivity index (χ0v) is 18.8. The van der Waals surface area contributed by atoms with Crippen molar-refractivity contribution in [3.63, 3.8) is 0 Å². The van der Waals surface area contributed by atoms with Crippen LogP contribution in [0, 0.1) is 6.92 Å². The van der Waals surface area contributed by atoms with E-state index in [-0.39, 0.29) is 28.8 Å². The van der Waals surface area contributed by atoms with Gasteiger partial charge < -0.3 is 5.32 Å². The Balaban J connectivity index is 2.03. The lowest BCUT2D eigenvalue weighted by Crippen LogP contribution is -2.50. The number of benzene rings is 3. The minimum absolute atomic E-state index is 0.0360. The third-order valence-electron chi connectivity index (χ3n) is 5.28. The normalized spacial score (nSPS) is 12.8. The zero-order chi connectivity index (χ0) is 24.8. The van der Waals surface area contributed by atoms with Crippen LogP contribution in [0.4, 0.5) is 36.4 Å². The van der Waals surface area contributed by atoms with E-state index in [2.05, 4.69) is 21.2 Å². The van der Waals surface area contributed by atoms with E-state index in [0.29, 0.717) is 12.1 Å². The fourth-order valence-electron chi connectivity index (χ4n) is 3.55. The van der Waals surface area contributed by atoms with E-state index >= 15 is 0 Å². The number of rotatable bonds is 4. The second kappa shape index (κ2) is 8.62. The molecule has 2 nitrogen and oxygen atoms in total. The Morgan fingerprint density at radius 2 is 1.45 bits per heavy atom. The minimum Gasteiger partial charge on any atom is -0.321 e. The number of nitrogens with one attached hydrogen (secondary N) is 1. The van der Waals surface area contributed by atoms with Crippen molar-refractivity contribution in [1.82, 2.24) is 0 Å². The van der Waals surface area contributed by atoms with Crippen LogP contribution in [0.15, 0.2) is 53.0 Å². The molecule has 33 heavy (non-hydrogen) atoms. The average Bonchev–Trinajstić information content (AvgIpc) is 2.72. The minimum atomic E-state index is -6.21. The first-order chi connectivity index (χ1) is 15.2. The Bertz CT molecular complexity index is 1200. The lowest BCUT2D eigenvalue weighted by atomic mass is 9.89. The summed E-state index contributed by atoms with van der Waals surface area (Å²) in [4.78, 5) is 12.8. The summed E-state index contributed by atoms with van der Waals surface area (Å²) >= 11 is 3.35. The number of fused-ring (bicyclic) bond motifs is 1. The fraction of sp³-hybridized carbons (Fsp3) is 0.261. The lowest BCUT2D eigenvalue weighted by molar-refractivity contribution is -0.348. The van der Waals surface area contributed by atoms with Crippen molar-refractivity contribution >= 4 is 38.3 Å². The molecule has 0 aromatic heterocycles. The van der Waals surface area contributed by atoms with Crippen molar-refractivity contribution in [1.29, 1.82) is 0 Å². The Morgan fingerprint density at radius 3 is 2.03 bits per heavy atom. The van der Waals surface area contributed by atoms with Gasteiger partial charge >= 0.3 is 18.0 Å². The first-order valence-electron chi connectivity index (χ1n) is 9.66. The number of halogens is 8. The summed E-state index contributed by atoms with van der Waals surface area (Å²) in [5.41, 5.74) is -7.03. The van der Waals surface area contributed by atoms with Crippen LogP contribution in [-0.4, -0.2) is 18.3 Å². The molecule has 0 saturated heterocycles. The maximum Gasteiger partial charge on any atom is 0.435 e. The van der Waals surface area contributed by atoms with Crippen molar-refractivity contribution in [2.75, 3.05) is 5.32 Å². The SMILES string of the molecule is CCc1cc(C(F)(C(F)(F)F)C(F)(F)F)cc(C)c1NC(=O)c1ccc2cc(Br)ccc2c1. The van der Waals surface area contributed by atoms with E-state index in [1.165, 1.54) is 13.8 Å². The van der Waals surface area contributed by atoms with Crippen LogP contribution >= 0.6 is 15.9 Å². The van der Waals surface area contributed by atoms with E-state index in [9.17, 15) is 35.5 Å². The van der Waals surface area contributed by atoms with Crippen molar-refractivity contribution in [2.45, 2.75) is 38.3 Å². The molecule has 0 unspecified atom stereocenters. The number of alkyl halides is 7. The van der Waals surface area contributed by atoms with Crippen LogP contribution in [0.3, 0.4) is 0 Å². The molecule has 0 aliphatic carbocycles. The molecule has 0 spiro atoms. The smallest absolute Gasteiger partial charge is 0.321 e. The third-order valence-corrected chi connectivity index (χ3v) is 5.77. The van der Waals surface area contributed by atoms with Crippen LogP contribution < -0.4 is 5.32 Å². The van der Waals surface area contributed by atoms with Crippen LogP contribution in [0.5, 0.6) is 0 Å². The Hall–Kier alpha value is -2.62. The van der Waals surface area contributed by atoms with E-state index in [0.717, 1.165) is 15.2 Å². The highest BCUT2D eigenvalue weighted by Crippen LogP contribution is 2.53. The summed E-state index contributed by atoms with van der Waals surface area (Å²) < 4.78 is 94.4. The molecule has 10 heteroatoms. The number of amides is 1. The summed E-state index contributed by atoms with van der Waals surface area (Å²) in [7, 11) is 0. The number of carbonyl (C=O) groups excluding carboxylic acids is 1. The molecule has 0 aliphatic rings. The van der Waals surface area contributed by atoms with Crippen LogP contribution in [-0.2, 0) is 12.1 Å². The molecule has 3 aromatic rings. The maximum atomic E-state index is 14.5. The molecular weight excluding hydrogens is 519 g/mol. The topological polar surface area (TPSA) is 29.1 Å². The number of aryl methyl sites for hydroxylation is 2. The molecule has 3 rings (SSSR count). The van der Waals surface area contributed by atoms with Crippen molar-refractivity contribution < 1.29 is 35.5 Å². The molecule has 3 aromatic carbocycles. The predicted octanol–water partition coefficient (Wildman–Crippen LogP) is 8.01. The molecule has 1 amide bonds. The van der Waals surface area contributed by atoms with Gasteiger partial charge in [0.15, 0.2) is 0 Å². The Morgan fingerprint density at radius 1 is 0.879 bits per heavy atom. The molecule has 0 heterocycles. The van der Waals surface area contributed by atoms with Crippen molar-refractivity contribution in [3.8, 4) is 0 Å². The first-order valence-corrected chi connectivity index (χ1v) is 10.5. The lowest BCUT2D eigenvalue weighted by Gasteiger charge is -2.31. The van der Waals surface area contributed by atoms with Crippen LogP contribution in [0.2, 0.25) is 0 Å². The number of hydrogen-bond acceptors (Lipinski definition) is 1. The second-order valence-corrected chi connectivity index (χ2v) is 8.41. The average molecular weight is 536 g/mol. The summed E-state index contributed by atoms with van der Waals surface area (Å²) in [6, 6.07) is 11.2. The molecule has 176 valence electrons. The summed E-state index contributed by atoms with van der Waals surface area (Å²) in [6.07, 6.45) is -12.5. The molecule has 0 atom stereocenters. The number of anilines is 1. The molecule has 0 radical (unpaired) electrons. The summed E-state index contributed by atoms with van der Waals surface area (Å²) in [6.45, 7) is 2.69. The maximum absolute atomic E-state index is 14.5. The van der Waals surface area contributed by atoms with E-state index in [1.54, 1.807) is 30.3 Å². The monoisotopic (exact) mass is 535 g/mol. The van der Waals surface area contributed by atoms with Gasteiger partial charge in [0.25, 0.3) is 5.91 Å². The summed E-state index contributed by atoms with van der Waals surface area (Å²) in [5.74, 6) is -0.608. The van der Waals surface area contributed by atoms with E-state index < -0.39 is 29.5 Å². The fourth-order valence-corrected chi connectivity index (χ4v) is 3.93. The van der Waals surface area contributed by atoms with Gasteiger partial charge in [-0.1, -0.05) is 41.1 Å². The summed E-state index contributed by atoms with van der Waals surface area (Å²) in [5, 5.41) is 4.16. The van der Waals surface area contributed by atoms with Gasteiger partial charge in [0, 0.05) is 21.3 Å². The third kappa shape index (κ3) is 4.58. The molecule has 0 aliphatic heterocycles. The Kier molecular flexibility index (Phi) is 6.54. The largest absolute Gasteiger partial charge is 0.435 e. The van der Waals surface area contributed by atoms with Gasteiger partial charge in [0.05, 0.1) is 0 Å². The van der Waals surface area contributed by atoms with Crippen molar-refractivity contribution in [3.05, 3.63) is 75.3 Å².